The third-order valence-electron chi connectivity index (χ3n) is 13.2. The molecule has 2 unspecified atom stereocenters. The van der Waals surface area contributed by atoms with E-state index in [1.165, 1.54) is 42.5 Å². The van der Waals surface area contributed by atoms with Gasteiger partial charge in [0.15, 0.2) is 11.6 Å². The molecule has 3 aliphatic rings. The number of hydrogen-bond donors (Lipinski definition) is 0. The third-order valence-corrected chi connectivity index (χ3v) is 14.9. The summed E-state index contributed by atoms with van der Waals surface area (Å²) in [7, 11) is 2.64. The summed E-state index contributed by atoms with van der Waals surface area (Å²) in [5, 5.41) is 5.50. The van der Waals surface area contributed by atoms with Crippen molar-refractivity contribution < 1.29 is 38.2 Å². The van der Waals surface area contributed by atoms with E-state index in [2.05, 4.69) is 49.9 Å². The maximum atomic E-state index is 13.9. The summed E-state index contributed by atoms with van der Waals surface area (Å²) in [4.78, 5) is 95.4. The van der Waals surface area contributed by atoms with Crippen molar-refractivity contribution in [1.29, 1.82) is 0 Å². The minimum atomic E-state index is -0.554. The van der Waals surface area contributed by atoms with E-state index in [-0.39, 0.29) is 78.4 Å². The van der Waals surface area contributed by atoms with Crippen LogP contribution in [-0.2, 0) is 56.5 Å². The summed E-state index contributed by atoms with van der Waals surface area (Å²) in [6.07, 6.45) is 4.44. The standard InChI is InChI=1S/C48H65N5O8S2/c1-28(2)32(22-44(56)60-8)46(58)51-20-10-12-38(51)40(54)24-42-49-34(26-62-42)36-18-19-37(53(36)31-16-14-30(15-17-31)48(5,6)7)35-27-63-43(50-35)25-41(55)39-13-11-21-52(39)47(59)33(29(3)4)23-45(57)61-9/h14-17,26-29,32-33,36-39H,10-13,18-25H2,1-9H3/t32-,33-,36?,37?,38-,39-/m0/s1. The van der Waals surface area contributed by atoms with E-state index in [9.17, 15) is 28.8 Å². The highest BCUT2D eigenvalue weighted by Gasteiger charge is 2.42. The van der Waals surface area contributed by atoms with Gasteiger partial charge in [0.1, 0.15) is 10.0 Å². The first kappa shape index (κ1) is 48.0. The van der Waals surface area contributed by atoms with Gasteiger partial charge in [0.25, 0.3) is 0 Å². The first-order valence-electron chi connectivity index (χ1n) is 22.5. The van der Waals surface area contributed by atoms with Gasteiger partial charge in [0.2, 0.25) is 11.8 Å². The number of amides is 2. The quantitative estimate of drug-likeness (QED) is 0.122. The number of anilines is 1. The minimum Gasteiger partial charge on any atom is -0.469 e. The predicted molar refractivity (Wildman–Crippen MR) is 243 cm³/mol. The van der Waals surface area contributed by atoms with E-state index in [1.54, 1.807) is 9.80 Å². The summed E-state index contributed by atoms with van der Waals surface area (Å²) in [6, 6.07) is 7.38. The molecule has 0 N–H and O–H groups in total. The lowest BCUT2D eigenvalue weighted by atomic mass is 9.87. The fourth-order valence-electron chi connectivity index (χ4n) is 9.44. The number of thiazole rings is 2. The molecule has 0 radical (unpaired) electrons. The molecule has 0 bridgehead atoms. The minimum absolute atomic E-state index is 0.0143. The molecule has 2 aromatic heterocycles. The first-order chi connectivity index (χ1) is 29.9. The molecule has 1 aromatic carbocycles. The molecule has 63 heavy (non-hydrogen) atoms. The molecule has 3 saturated heterocycles. The zero-order chi connectivity index (χ0) is 45.7. The van der Waals surface area contributed by atoms with E-state index in [0.717, 1.165) is 42.8 Å². The number of carbonyl (C=O) groups is 6. The number of ketones is 2. The molecule has 342 valence electrons. The zero-order valence-corrected chi connectivity index (χ0v) is 40.0. The number of rotatable bonds is 17. The smallest absolute Gasteiger partial charge is 0.306 e. The fraction of sp³-hybridized carbons (Fsp3) is 0.625. The molecule has 5 heterocycles. The molecule has 0 aliphatic carbocycles. The number of nitrogens with zero attached hydrogens (tertiary/aromatic N) is 5. The Bertz CT molecular complexity index is 2000. The van der Waals surface area contributed by atoms with Crippen molar-refractivity contribution in [1.82, 2.24) is 19.8 Å². The summed E-state index contributed by atoms with van der Waals surface area (Å²) in [6.45, 7) is 15.2. The van der Waals surface area contributed by atoms with Gasteiger partial charge in [0.05, 0.1) is 87.3 Å². The van der Waals surface area contributed by atoms with Crippen molar-refractivity contribution in [3.63, 3.8) is 0 Å². The fourth-order valence-corrected chi connectivity index (χ4v) is 11.1. The second-order valence-electron chi connectivity index (χ2n) is 19.1. The molecule has 3 fully saturated rings. The first-order valence-corrected chi connectivity index (χ1v) is 24.2. The van der Waals surface area contributed by atoms with Crippen LogP contribution in [0.25, 0.3) is 0 Å². The zero-order valence-electron chi connectivity index (χ0n) is 38.4. The Balaban J connectivity index is 1.19. The number of benzene rings is 1. The van der Waals surface area contributed by atoms with Gasteiger partial charge in [0, 0.05) is 29.5 Å². The van der Waals surface area contributed by atoms with Crippen molar-refractivity contribution in [2.24, 2.45) is 23.7 Å². The van der Waals surface area contributed by atoms with Gasteiger partial charge in [-0.1, -0.05) is 60.6 Å². The van der Waals surface area contributed by atoms with Gasteiger partial charge in [-0.2, -0.15) is 0 Å². The maximum Gasteiger partial charge on any atom is 0.306 e. The summed E-state index contributed by atoms with van der Waals surface area (Å²) in [5.74, 6) is -2.58. The molecular weight excluding hydrogens is 839 g/mol. The summed E-state index contributed by atoms with van der Waals surface area (Å²) < 4.78 is 9.74. The Morgan fingerprint density at radius 1 is 0.667 bits per heavy atom. The van der Waals surface area contributed by atoms with Crippen LogP contribution in [0.4, 0.5) is 5.69 Å². The van der Waals surface area contributed by atoms with Crippen LogP contribution in [0.1, 0.15) is 139 Å². The number of aromatic nitrogens is 2. The molecule has 6 rings (SSSR count). The van der Waals surface area contributed by atoms with Gasteiger partial charge in [-0.15, -0.1) is 22.7 Å². The largest absolute Gasteiger partial charge is 0.469 e. The normalized spacial score (nSPS) is 21.3. The van der Waals surface area contributed by atoms with Gasteiger partial charge in [-0.25, -0.2) is 9.97 Å². The van der Waals surface area contributed by atoms with E-state index in [0.29, 0.717) is 35.9 Å². The number of esters is 2. The monoisotopic (exact) mass is 903 g/mol. The maximum absolute atomic E-state index is 13.9. The van der Waals surface area contributed by atoms with Gasteiger partial charge < -0.3 is 24.2 Å². The summed E-state index contributed by atoms with van der Waals surface area (Å²) in [5.41, 5.74) is 3.99. The van der Waals surface area contributed by atoms with Crippen molar-refractivity contribution >= 4 is 63.7 Å². The van der Waals surface area contributed by atoms with Gasteiger partial charge in [-0.05, 0) is 73.5 Å². The molecule has 2 amide bonds. The molecule has 15 heteroatoms. The Labute approximate surface area is 380 Å². The van der Waals surface area contributed by atoms with Crippen molar-refractivity contribution in [2.45, 2.75) is 142 Å². The van der Waals surface area contributed by atoms with Crippen LogP contribution in [-0.4, -0.2) is 94.5 Å². The Morgan fingerprint density at radius 2 is 1.08 bits per heavy atom. The molecule has 3 aromatic rings. The van der Waals surface area contributed by atoms with Crippen LogP contribution < -0.4 is 4.90 Å². The Kier molecular flexibility index (Phi) is 15.6. The molecule has 0 saturated carbocycles. The molecule has 13 nitrogen and oxygen atoms in total. The number of methoxy groups -OCH3 is 2. The third kappa shape index (κ3) is 11.1. The van der Waals surface area contributed by atoms with Gasteiger partial charge in [-0.3, -0.25) is 28.8 Å². The topological polar surface area (TPSA) is 156 Å². The SMILES string of the molecule is COC(=O)C[C@H](C(=O)N1CCC[C@H]1C(=O)Cc1nc(C2CCC(c3csc(CC(=O)[C@@H]4CCCN4C(=O)[C@@H](CC(=O)OC)C(C)C)n3)N2c2ccc(C(C)(C)C)cc2)cs1)C(C)C. The predicted octanol–water partition coefficient (Wildman–Crippen LogP) is 7.86. The molecule has 6 atom stereocenters. The second kappa shape index (κ2) is 20.6. The van der Waals surface area contributed by atoms with Gasteiger partial charge >= 0.3 is 11.9 Å². The lowest BCUT2D eigenvalue weighted by Crippen LogP contribution is -2.45. The summed E-state index contributed by atoms with van der Waals surface area (Å²) >= 11 is 2.93. The van der Waals surface area contributed by atoms with Crippen LogP contribution in [0.2, 0.25) is 0 Å². The average Bonchev–Trinajstić information content (AvgIpc) is 4.10. The van der Waals surface area contributed by atoms with E-state index in [1.807, 2.05) is 38.5 Å². The highest BCUT2D eigenvalue weighted by Crippen LogP contribution is 2.47. The number of Topliss-reactive ketones (excluding diaryl/α,β-unsaturated/α-hetero) is 2. The number of likely N-dealkylation sites (tertiary alicyclic amines) is 2. The van der Waals surface area contributed by atoms with Crippen LogP contribution in [0, 0.1) is 23.7 Å². The van der Waals surface area contributed by atoms with Crippen LogP contribution in [0.3, 0.4) is 0 Å². The van der Waals surface area contributed by atoms with Crippen LogP contribution in [0.15, 0.2) is 35.0 Å². The molecule has 0 spiro atoms. The Morgan fingerprint density at radius 3 is 1.44 bits per heavy atom. The number of hydrogen-bond acceptors (Lipinski definition) is 13. The lowest BCUT2D eigenvalue weighted by Gasteiger charge is -2.32. The second-order valence-corrected chi connectivity index (χ2v) is 21.0. The Hall–Kier alpha value is -4.50. The highest BCUT2D eigenvalue weighted by molar-refractivity contribution is 7.10. The number of carbonyl (C=O) groups excluding carboxylic acids is 6. The van der Waals surface area contributed by atoms with Crippen molar-refractivity contribution in [3.05, 3.63) is 62.0 Å². The van der Waals surface area contributed by atoms with Crippen molar-refractivity contribution in [2.75, 3.05) is 32.2 Å². The van der Waals surface area contributed by atoms with E-state index >= 15 is 0 Å². The van der Waals surface area contributed by atoms with E-state index in [4.69, 9.17) is 19.4 Å². The van der Waals surface area contributed by atoms with Crippen LogP contribution in [0.5, 0.6) is 0 Å². The molecule has 3 aliphatic heterocycles. The van der Waals surface area contributed by atoms with Crippen LogP contribution >= 0.6 is 22.7 Å². The lowest BCUT2D eigenvalue weighted by molar-refractivity contribution is -0.149. The van der Waals surface area contributed by atoms with E-state index < -0.39 is 35.9 Å². The van der Waals surface area contributed by atoms with Crippen molar-refractivity contribution in [3.8, 4) is 0 Å². The molecular formula is C48H65N5O8S2. The number of ether oxygens (including phenoxy) is 2. The highest BCUT2D eigenvalue weighted by atomic mass is 32.1. The average molecular weight is 904 g/mol.